The smallest absolute Gasteiger partial charge is 0.261 e. The molecule has 1 heterocycles. The number of hydrogen-bond donors (Lipinski definition) is 0. The Labute approximate surface area is 268 Å². The molecule has 0 atom stereocenters. The van der Waals surface area contributed by atoms with E-state index >= 15 is 0 Å². The molecule has 1 aliphatic heterocycles. The molecule has 0 spiro atoms. The molecule has 0 aromatic heterocycles. The van der Waals surface area contributed by atoms with Crippen LogP contribution in [0.2, 0.25) is 0 Å². The van der Waals surface area contributed by atoms with Crippen molar-refractivity contribution in [3.05, 3.63) is 59.2 Å². The third-order valence-corrected chi connectivity index (χ3v) is 8.69. The summed E-state index contributed by atoms with van der Waals surface area (Å²) in [6.07, 6.45) is 25.7. The minimum absolute atomic E-state index is 0.205. The van der Waals surface area contributed by atoms with Crippen LogP contribution in [-0.2, 0) is 6.54 Å². The Kier molecular flexibility index (Phi) is 17.7. The summed E-state index contributed by atoms with van der Waals surface area (Å²) in [6.45, 7) is 6.05. The molecule has 1 aliphatic rings. The van der Waals surface area contributed by atoms with Gasteiger partial charge in [-0.2, -0.15) is 0 Å². The van der Waals surface area contributed by atoms with Gasteiger partial charge in [-0.15, -0.1) is 0 Å². The third-order valence-electron chi connectivity index (χ3n) is 8.69. The van der Waals surface area contributed by atoms with Crippen molar-refractivity contribution in [2.24, 2.45) is 0 Å². The number of amides is 2. The van der Waals surface area contributed by atoms with Gasteiger partial charge in [0.05, 0.1) is 30.9 Å². The minimum Gasteiger partial charge on any atom is -0.493 e. The maximum atomic E-state index is 13.0. The Hall–Kier alpha value is -2.82. The van der Waals surface area contributed by atoms with Crippen LogP contribution in [0, 0.1) is 0 Å². The van der Waals surface area contributed by atoms with E-state index in [1.807, 2.05) is 18.2 Å². The molecule has 2 aromatic carbocycles. The fourth-order valence-corrected chi connectivity index (χ4v) is 6.01. The maximum Gasteiger partial charge on any atom is 0.261 e. The zero-order valence-electron chi connectivity index (χ0n) is 27.9. The van der Waals surface area contributed by atoms with E-state index in [1.54, 1.807) is 24.3 Å². The molecule has 0 bridgehead atoms. The molecular formula is C39H59NO4. The van der Waals surface area contributed by atoms with Crippen LogP contribution in [0.3, 0.4) is 0 Å². The van der Waals surface area contributed by atoms with E-state index in [1.165, 1.54) is 120 Å². The monoisotopic (exact) mass is 605 g/mol. The van der Waals surface area contributed by atoms with Crippen LogP contribution in [0.25, 0.3) is 0 Å². The second kappa shape index (κ2) is 21.8. The molecule has 3 rings (SSSR count). The number of carbonyl (C=O) groups is 2. The molecule has 5 nitrogen and oxygen atoms in total. The molecule has 0 saturated carbocycles. The van der Waals surface area contributed by atoms with Crippen LogP contribution in [0.15, 0.2) is 42.5 Å². The number of unbranched alkanes of at least 4 members (excludes halogenated alkanes) is 18. The molecule has 5 heteroatoms. The van der Waals surface area contributed by atoms with Crippen LogP contribution in [0.1, 0.15) is 169 Å². The first kappa shape index (κ1) is 35.7. The molecular weight excluding hydrogens is 546 g/mol. The van der Waals surface area contributed by atoms with Gasteiger partial charge in [0, 0.05) is 6.07 Å². The standard InChI is InChI=1S/C39H59NO4/c1-3-5-7-9-11-13-15-17-19-23-27-43-34-29-33(32-40-38(41)36-25-21-22-26-37(36)39(40)42)30-35(31-34)44-28-24-20-18-16-14-12-10-8-6-4-2/h21-22,25-26,29-31H,3-20,23-24,27-28,32H2,1-2H3. The fraction of sp³-hybridized carbons (Fsp3) is 0.641. The number of imide groups is 1. The fourth-order valence-electron chi connectivity index (χ4n) is 6.01. The third kappa shape index (κ3) is 13.0. The van der Waals surface area contributed by atoms with Crippen LogP contribution in [-0.4, -0.2) is 29.9 Å². The summed E-state index contributed by atoms with van der Waals surface area (Å²) in [5, 5.41) is 0. The summed E-state index contributed by atoms with van der Waals surface area (Å²) in [5.41, 5.74) is 1.80. The van der Waals surface area contributed by atoms with Gasteiger partial charge in [0.15, 0.2) is 0 Å². The summed E-state index contributed by atoms with van der Waals surface area (Å²) in [7, 11) is 0. The zero-order valence-corrected chi connectivity index (χ0v) is 27.9. The van der Waals surface area contributed by atoms with Gasteiger partial charge in [-0.1, -0.05) is 142 Å². The van der Waals surface area contributed by atoms with Crippen LogP contribution in [0.4, 0.5) is 0 Å². The van der Waals surface area contributed by atoms with E-state index in [0.717, 1.165) is 29.9 Å². The predicted octanol–water partition coefficient (Wildman–Crippen LogP) is 11.1. The van der Waals surface area contributed by atoms with Crippen molar-refractivity contribution in [3.63, 3.8) is 0 Å². The number of nitrogens with zero attached hydrogens (tertiary/aromatic N) is 1. The highest BCUT2D eigenvalue weighted by Crippen LogP contribution is 2.29. The average molecular weight is 606 g/mol. The molecule has 44 heavy (non-hydrogen) atoms. The van der Waals surface area contributed by atoms with Gasteiger partial charge in [-0.25, -0.2) is 0 Å². The minimum atomic E-state index is -0.241. The predicted molar refractivity (Wildman–Crippen MR) is 182 cm³/mol. The van der Waals surface area contributed by atoms with Gasteiger partial charge < -0.3 is 9.47 Å². The van der Waals surface area contributed by atoms with Crippen molar-refractivity contribution in [1.29, 1.82) is 0 Å². The summed E-state index contributed by atoms with van der Waals surface area (Å²) >= 11 is 0. The van der Waals surface area contributed by atoms with E-state index in [-0.39, 0.29) is 18.4 Å². The second-order valence-corrected chi connectivity index (χ2v) is 12.6. The summed E-state index contributed by atoms with van der Waals surface area (Å²) in [4.78, 5) is 27.3. The Morgan fingerprint density at radius 2 is 0.864 bits per heavy atom. The highest BCUT2D eigenvalue weighted by molar-refractivity contribution is 6.21. The molecule has 0 fully saturated rings. The Morgan fingerprint density at radius 3 is 1.25 bits per heavy atom. The van der Waals surface area contributed by atoms with Gasteiger partial charge in [-0.3, -0.25) is 14.5 Å². The van der Waals surface area contributed by atoms with Crippen molar-refractivity contribution in [3.8, 4) is 11.5 Å². The quantitative estimate of drug-likeness (QED) is 0.0790. The highest BCUT2D eigenvalue weighted by Gasteiger charge is 2.35. The Bertz CT molecular complexity index is 1020. The van der Waals surface area contributed by atoms with E-state index in [2.05, 4.69) is 13.8 Å². The largest absolute Gasteiger partial charge is 0.493 e. The molecule has 2 aromatic rings. The number of benzene rings is 2. The highest BCUT2D eigenvalue weighted by atomic mass is 16.5. The first-order valence-corrected chi connectivity index (χ1v) is 18.0. The van der Waals surface area contributed by atoms with E-state index in [4.69, 9.17) is 9.47 Å². The summed E-state index contributed by atoms with van der Waals surface area (Å²) in [6, 6.07) is 12.9. The lowest BCUT2D eigenvalue weighted by Gasteiger charge is -2.17. The first-order chi connectivity index (χ1) is 21.6. The van der Waals surface area contributed by atoms with Crippen molar-refractivity contribution in [1.82, 2.24) is 4.90 Å². The van der Waals surface area contributed by atoms with Crippen molar-refractivity contribution < 1.29 is 19.1 Å². The Morgan fingerprint density at radius 1 is 0.500 bits per heavy atom. The molecule has 2 amide bonds. The molecule has 0 N–H and O–H groups in total. The first-order valence-electron chi connectivity index (χ1n) is 18.0. The molecule has 0 saturated heterocycles. The van der Waals surface area contributed by atoms with Crippen LogP contribution >= 0.6 is 0 Å². The zero-order chi connectivity index (χ0) is 31.2. The number of rotatable bonds is 26. The normalized spacial score (nSPS) is 12.6. The van der Waals surface area contributed by atoms with Gasteiger partial charge >= 0.3 is 0 Å². The van der Waals surface area contributed by atoms with Crippen molar-refractivity contribution in [2.45, 2.75) is 149 Å². The molecule has 0 aliphatic carbocycles. The summed E-state index contributed by atoms with van der Waals surface area (Å²) < 4.78 is 12.4. The van der Waals surface area contributed by atoms with E-state index in [0.29, 0.717) is 24.3 Å². The van der Waals surface area contributed by atoms with Crippen LogP contribution in [0.5, 0.6) is 11.5 Å². The molecule has 244 valence electrons. The van der Waals surface area contributed by atoms with Gasteiger partial charge in [0.25, 0.3) is 11.8 Å². The topological polar surface area (TPSA) is 55.8 Å². The van der Waals surface area contributed by atoms with Gasteiger partial charge in [-0.05, 0) is 42.7 Å². The lowest BCUT2D eigenvalue weighted by Crippen LogP contribution is -2.29. The number of fused-ring (bicyclic) bond motifs is 1. The van der Waals surface area contributed by atoms with E-state index < -0.39 is 0 Å². The van der Waals surface area contributed by atoms with Crippen LogP contribution < -0.4 is 9.47 Å². The van der Waals surface area contributed by atoms with Crippen molar-refractivity contribution in [2.75, 3.05) is 13.2 Å². The number of hydrogen-bond acceptors (Lipinski definition) is 4. The molecule has 0 unspecified atom stereocenters. The number of ether oxygens (including phenoxy) is 2. The SMILES string of the molecule is CCCCCCCCCCCCOc1cc(CN2C(=O)c3ccccc3C2=O)cc(OCCCCCCCCCCCC)c1. The lowest BCUT2D eigenvalue weighted by atomic mass is 10.1. The average Bonchev–Trinajstić information content (AvgIpc) is 3.27. The van der Waals surface area contributed by atoms with Gasteiger partial charge in [0.2, 0.25) is 0 Å². The van der Waals surface area contributed by atoms with Crippen molar-refractivity contribution >= 4 is 11.8 Å². The number of carbonyl (C=O) groups excluding carboxylic acids is 2. The van der Waals surface area contributed by atoms with E-state index in [9.17, 15) is 9.59 Å². The Balaban J connectivity index is 1.46. The van der Waals surface area contributed by atoms with Gasteiger partial charge in [0.1, 0.15) is 11.5 Å². The summed E-state index contributed by atoms with van der Waals surface area (Å²) in [5.74, 6) is 1.01. The maximum absolute atomic E-state index is 13.0. The second-order valence-electron chi connectivity index (χ2n) is 12.6. The lowest BCUT2D eigenvalue weighted by molar-refractivity contribution is 0.0642. The molecule has 0 radical (unpaired) electrons.